The summed E-state index contributed by atoms with van der Waals surface area (Å²) in [4.78, 5) is 23.4. The van der Waals surface area contributed by atoms with Gasteiger partial charge in [-0.2, -0.15) is 0 Å². The van der Waals surface area contributed by atoms with Crippen LogP contribution >= 0.6 is 0 Å². The molecule has 1 aliphatic heterocycles. The lowest BCUT2D eigenvalue weighted by Gasteiger charge is -2.18. The Morgan fingerprint density at radius 1 is 1.21 bits per heavy atom. The minimum absolute atomic E-state index is 0.0113. The highest BCUT2D eigenvalue weighted by Gasteiger charge is 2.16. The number of carbonyl (C=O) groups excluding carboxylic acids is 2. The summed E-state index contributed by atoms with van der Waals surface area (Å²) < 4.78 is 5.29. The molecule has 0 aromatic heterocycles. The van der Waals surface area contributed by atoms with Gasteiger partial charge in [0.15, 0.2) is 6.61 Å². The van der Waals surface area contributed by atoms with Crippen LogP contribution in [0.4, 0.5) is 11.4 Å². The first-order chi connectivity index (χ1) is 11.5. The van der Waals surface area contributed by atoms with Gasteiger partial charge in [0.05, 0.1) is 5.69 Å². The average molecular weight is 322 g/mol. The minimum atomic E-state index is -0.238. The van der Waals surface area contributed by atoms with Crippen molar-refractivity contribution in [2.75, 3.05) is 17.2 Å². The number of carbonyl (C=O) groups is 2. The summed E-state index contributed by atoms with van der Waals surface area (Å²) in [6.07, 6.45) is 3.28. The zero-order valence-corrected chi connectivity index (χ0v) is 13.6. The van der Waals surface area contributed by atoms with E-state index in [-0.39, 0.29) is 18.4 Å². The maximum atomic E-state index is 12.1. The van der Waals surface area contributed by atoms with Crippen molar-refractivity contribution in [1.82, 2.24) is 0 Å². The molecule has 5 heteroatoms. The quantitative estimate of drug-likeness (QED) is 0.852. The zero-order chi connectivity index (χ0) is 17.1. The molecule has 0 aliphatic carbocycles. The second kappa shape index (κ2) is 6.58. The van der Waals surface area contributed by atoms with Crippen molar-refractivity contribution in [2.45, 2.75) is 13.8 Å². The summed E-state index contributed by atoms with van der Waals surface area (Å²) in [5.74, 6) is 0.150. The summed E-state index contributed by atoms with van der Waals surface area (Å²) in [6.45, 7) is 4.06. The molecule has 2 N–H and O–H groups in total. The fraction of sp³-hybridized carbons (Fsp3) is 0.158. The van der Waals surface area contributed by atoms with Gasteiger partial charge in [0.25, 0.3) is 5.91 Å². The third-order valence-electron chi connectivity index (χ3n) is 3.72. The fourth-order valence-corrected chi connectivity index (χ4v) is 2.52. The van der Waals surface area contributed by atoms with Crippen molar-refractivity contribution in [2.24, 2.45) is 0 Å². The molecule has 2 aromatic rings. The number of hydrogen-bond donors (Lipinski definition) is 2. The van der Waals surface area contributed by atoms with Crippen LogP contribution in [0.5, 0.6) is 5.75 Å². The lowest BCUT2D eigenvalue weighted by Crippen LogP contribution is -2.25. The number of nitrogens with one attached hydrogen (secondary N) is 2. The van der Waals surface area contributed by atoms with E-state index in [1.165, 1.54) is 11.6 Å². The molecule has 1 aliphatic rings. The maximum Gasteiger partial charge on any atom is 0.262 e. The highest BCUT2D eigenvalue weighted by Crippen LogP contribution is 2.30. The first-order valence-electron chi connectivity index (χ1n) is 7.64. The van der Waals surface area contributed by atoms with E-state index in [0.29, 0.717) is 17.1 Å². The number of rotatable bonds is 3. The van der Waals surface area contributed by atoms with Gasteiger partial charge in [0.1, 0.15) is 5.75 Å². The molecule has 0 atom stereocenters. The highest BCUT2D eigenvalue weighted by atomic mass is 16.5. The van der Waals surface area contributed by atoms with E-state index in [0.717, 1.165) is 11.1 Å². The molecule has 122 valence electrons. The van der Waals surface area contributed by atoms with E-state index in [9.17, 15) is 9.59 Å². The zero-order valence-electron chi connectivity index (χ0n) is 13.6. The van der Waals surface area contributed by atoms with Gasteiger partial charge >= 0.3 is 0 Å². The molecule has 0 saturated heterocycles. The van der Waals surface area contributed by atoms with Gasteiger partial charge in [-0.1, -0.05) is 23.8 Å². The smallest absolute Gasteiger partial charge is 0.262 e. The summed E-state index contributed by atoms with van der Waals surface area (Å²) in [7, 11) is 0. The summed E-state index contributed by atoms with van der Waals surface area (Å²) >= 11 is 0. The highest BCUT2D eigenvalue weighted by molar-refractivity contribution is 6.03. The van der Waals surface area contributed by atoms with Crippen LogP contribution in [0, 0.1) is 13.8 Å². The second-order valence-electron chi connectivity index (χ2n) is 5.73. The Balaban J connectivity index is 1.70. The molecule has 2 aromatic carbocycles. The summed E-state index contributed by atoms with van der Waals surface area (Å²) in [6, 6.07) is 11.2. The van der Waals surface area contributed by atoms with Crippen molar-refractivity contribution >= 4 is 29.3 Å². The van der Waals surface area contributed by atoms with Crippen LogP contribution in [0.2, 0.25) is 0 Å². The third-order valence-corrected chi connectivity index (χ3v) is 3.72. The molecule has 0 bridgehead atoms. The van der Waals surface area contributed by atoms with Crippen LogP contribution in [0.25, 0.3) is 6.08 Å². The monoisotopic (exact) mass is 322 g/mol. The molecule has 3 rings (SSSR count). The lowest BCUT2D eigenvalue weighted by molar-refractivity contribution is -0.118. The molecule has 24 heavy (non-hydrogen) atoms. The summed E-state index contributed by atoms with van der Waals surface area (Å²) in [5.41, 5.74) is 4.46. The first kappa shape index (κ1) is 15.8. The van der Waals surface area contributed by atoms with E-state index in [4.69, 9.17) is 4.74 Å². The van der Waals surface area contributed by atoms with Gasteiger partial charge < -0.3 is 15.4 Å². The number of ether oxygens (including phenoxy) is 1. The van der Waals surface area contributed by atoms with E-state index in [2.05, 4.69) is 16.7 Å². The second-order valence-corrected chi connectivity index (χ2v) is 5.73. The van der Waals surface area contributed by atoms with Crippen LogP contribution in [0.3, 0.4) is 0 Å². The molecule has 0 spiro atoms. The van der Waals surface area contributed by atoms with E-state index < -0.39 is 0 Å². The molecule has 1 heterocycles. The SMILES string of the molecule is Cc1ccc(/C=C/C(=O)Nc2ccc3c(c2)NC(=O)CO3)c(C)c1. The van der Waals surface area contributed by atoms with Gasteiger partial charge in [0, 0.05) is 11.8 Å². The number of benzene rings is 2. The number of amides is 2. The summed E-state index contributed by atoms with van der Waals surface area (Å²) in [5, 5.41) is 5.49. The topological polar surface area (TPSA) is 67.4 Å². The van der Waals surface area contributed by atoms with Gasteiger partial charge in [-0.3, -0.25) is 9.59 Å². The number of aryl methyl sites for hydroxylation is 2. The Morgan fingerprint density at radius 3 is 2.83 bits per heavy atom. The van der Waals surface area contributed by atoms with Crippen molar-refractivity contribution < 1.29 is 14.3 Å². The predicted molar refractivity (Wildman–Crippen MR) is 94.1 cm³/mol. The maximum absolute atomic E-state index is 12.1. The van der Waals surface area contributed by atoms with Gasteiger partial charge in [-0.15, -0.1) is 0 Å². The fourth-order valence-electron chi connectivity index (χ4n) is 2.52. The Morgan fingerprint density at radius 2 is 2.04 bits per heavy atom. The molecule has 0 radical (unpaired) electrons. The van der Waals surface area contributed by atoms with Gasteiger partial charge in [-0.05, 0) is 49.2 Å². The third kappa shape index (κ3) is 3.63. The van der Waals surface area contributed by atoms with Crippen LogP contribution in [-0.4, -0.2) is 18.4 Å². The molecule has 5 nitrogen and oxygen atoms in total. The van der Waals surface area contributed by atoms with Crippen molar-refractivity contribution in [3.63, 3.8) is 0 Å². The van der Waals surface area contributed by atoms with E-state index >= 15 is 0 Å². The standard InChI is InChI=1S/C19H18N2O3/c1-12-3-4-14(13(2)9-12)5-8-18(22)20-15-6-7-17-16(10-15)21-19(23)11-24-17/h3-10H,11H2,1-2H3,(H,20,22)(H,21,23)/b8-5+. The molecule has 0 saturated carbocycles. The largest absolute Gasteiger partial charge is 0.482 e. The normalized spacial score (nSPS) is 13.2. The lowest BCUT2D eigenvalue weighted by atomic mass is 10.1. The minimum Gasteiger partial charge on any atom is -0.482 e. The Labute approximate surface area is 140 Å². The Hall–Kier alpha value is -3.08. The van der Waals surface area contributed by atoms with Crippen LogP contribution in [0.1, 0.15) is 16.7 Å². The van der Waals surface area contributed by atoms with Crippen LogP contribution < -0.4 is 15.4 Å². The van der Waals surface area contributed by atoms with Crippen LogP contribution in [0.15, 0.2) is 42.5 Å². The number of hydrogen-bond acceptors (Lipinski definition) is 3. The van der Waals surface area contributed by atoms with E-state index in [1.54, 1.807) is 24.3 Å². The van der Waals surface area contributed by atoms with E-state index in [1.807, 2.05) is 26.0 Å². The molecule has 2 amide bonds. The van der Waals surface area contributed by atoms with Crippen LogP contribution in [-0.2, 0) is 9.59 Å². The first-order valence-corrected chi connectivity index (χ1v) is 7.64. The number of fused-ring (bicyclic) bond motifs is 1. The number of anilines is 2. The Kier molecular flexibility index (Phi) is 4.33. The molecular weight excluding hydrogens is 304 g/mol. The molecule has 0 unspecified atom stereocenters. The molecular formula is C19H18N2O3. The predicted octanol–water partition coefficient (Wildman–Crippen LogP) is 3.29. The van der Waals surface area contributed by atoms with Crippen molar-refractivity contribution in [3.05, 3.63) is 59.2 Å². The van der Waals surface area contributed by atoms with Crippen molar-refractivity contribution in [3.8, 4) is 5.75 Å². The van der Waals surface area contributed by atoms with Crippen molar-refractivity contribution in [1.29, 1.82) is 0 Å². The molecule has 0 fully saturated rings. The average Bonchev–Trinajstić information content (AvgIpc) is 2.53. The Bertz CT molecular complexity index is 841. The van der Waals surface area contributed by atoms with Gasteiger partial charge in [0.2, 0.25) is 5.91 Å². The van der Waals surface area contributed by atoms with Gasteiger partial charge in [-0.25, -0.2) is 0 Å².